The highest BCUT2D eigenvalue weighted by Gasteiger charge is 2.53. The van der Waals surface area contributed by atoms with Crippen LogP contribution < -0.4 is 0 Å². The van der Waals surface area contributed by atoms with Crippen LogP contribution in [0.2, 0.25) is 0 Å². The molecule has 3 heterocycles. The highest BCUT2D eigenvalue weighted by molar-refractivity contribution is 7.92. The molecule has 4 rings (SSSR count). The van der Waals surface area contributed by atoms with E-state index in [1.807, 2.05) is 0 Å². The lowest BCUT2D eigenvalue weighted by atomic mass is 9.83. The van der Waals surface area contributed by atoms with E-state index >= 15 is 0 Å². The Morgan fingerprint density at radius 1 is 1.12 bits per heavy atom. The Bertz CT molecular complexity index is 777. The van der Waals surface area contributed by atoms with E-state index in [4.69, 9.17) is 0 Å². The first-order valence-corrected chi connectivity index (χ1v) is 10.8. The third kappa shape index (κ3) is 3.47. The van der Waals surface area contributed by atoms with Crippen molar-refractivity contribution in [3.63, 3.8) is 0 Å². The Balaban J connectivity index is 1.35. The van der Waals surface area contributed by atoms with Crippen LogP contribution >= 0.6 is 0 Å². The molecule has 1 aromatic heterocycles. The number of rotatable bonds is 2. The Hall–Kier alpha value is -1.22. The molecule has 26 heavy (non-hydrogen) atoms. The summed E-state index contributed by atoms with van der Waals surface area (Å²) in [5.74, 6) is 0.663. The second-order valence-electron chi connectivity index (χ2n) is 8.08. The van der Waals surface area contributed by atoms with E-state index in [1.165, 1.54) is 0 Å². The van der Waals surface area contributed by atoms with Gasteiger partial charge in [0.15, 0.2) is 9.84 Å². The van der Waals surface area contributed by atoms with Crippen molar-refractivity contribution in [3.8, 4) is 0 Å². The van der Waals surface area contributed by atoms with Crippen molar-refractivity contribution in [2.75, 3.05) is 24.6 Å². The minimum Gasteiger partial charge on any atom is -0.300 e. The molecule has 2 saturated heterocycles. The number of sulfone groups is 1. The molecule has 1 spiro atoms. The van der Waals surface area contributed by atoms with E-state index in [1.54, 1.807) is 0 Å². The predicted molar refractivity (Wildman–Crippen MR) is 89.3 cm³/mol. The van der Waals surface area contributed by atoms with Crippen LogP contribution in [0.3, 0.4) is 0 Å². The monoisotopic (exact) mass is 389 g/mol. The van der Waals surface area contributed by atoms with Gasteiger partial charge in [0.2, 0.25) is 0 Å². The molecular weight excluding hydrogens is 367 g/mol. The summed E-state index contributed by atoms with van der Waals surface area (Å²) in [5.41, 5.74) is -0.435. The van der Waals surface area contributed by atoms with Gasteiger partial charge in [-0.2, -0.15) is 13.2 Å². The molecule has 0 N–H and O–H groups in total. The van der Waals surface area contributed by atoms with Crippen LogP contribution in [-0.2, 0) is 16.0 Å². The van der Waals surface area contributed by atoms with Crippen molar-refractivity contribution >= 4 is 9.84 Å². The van der Waals surface area contributed by atoms with Crippen LogP contribution in [0.5, 0.6) is 0 Å². The van der Waals surface area contributed by atoms with Gasteiger partial charge in [0.05, 0.1) is 11.5 Å². The second-order valence-corrected chi connectivity index (χ2v) is 10.1. The fourth-order valence-electron chi connectivity index (χ4n) is 4.90. The van der Waals surface area contributed by atoms with Gasteiger partial charge in [0.1, 0.15) is 12.0 Å². The number of likely N-dealkylation sites (tertiary alicyclic amines) is 1. The number of halogens is 3. The molecule has 0 radical (unpaired) electrons. The van der Waals surface area contributed by atoms with Crippen LogP contribution in [0.25, 0.3) is 0 Å². The summed E-state index contributed by atoms with van der Waals surface area (Å²) in [5, 5.41) is 0. The molecular formula is C17H22F3N3O2S. The van der Waals surface area contributed by atoms with Gasteiger partial charge in [-0.3, -0.25) is 4.90 Å². The quantitative estimate of drug-likeness (QED) is 0.778. The van der Waals surface area contributed by atoms with Crippen molar-refractivity contribution in [2.24, 2.45) is 5.41 Å². The minimum atomic E-state index is -4.44. The molecule has 0 unspecified atom stereocenters. The number of hydrogen-bond donors (Lipinski definition) is 0. The normalized spacial score (nSPS) is 31.0. The molecule has 9 heteroatoms. The smallest absolute Gasteiger partial charge is 0.300 e. The fourth-order valence-corrected chi connectivity index (χ4v) is 7.15. The van der Waals surface area contributed by atoms with Gasteiger partial charge in [-0.25, -0.2) is 18.4 Å². The van der Waals surface area contributed by atoms with E-state index in [-0.39, 0.29) is 11.3 Å². The van der Waals surface area contributed by atoms with Crippen LogP contribution in [0.4, 0.5) is 13.2 Å². The van der Waals surface area contributed by atoms with Gasteiger partial charge in [0, 0.05) is 29.6 Å². The predicted octanol–water partition coefficient (Wildman–Crippen LogP) is 2.64. The zero-order chi connectivity index (χ0) is 18.6. The van der Waals surface area contributed by atoms with Crippen molar-refractivity contribution in [1.29, 1.82) is 0 Å². The Kier molecular flexibility index (Phi) is 4.30. The molecule has 5 nitrogen and oxygen atoms in total. The zero-order valence-electron chi connectivity index (χ0n) is 14.4. The number of aromatic nitrogens is 2. The maximum atomic E-state index is 12.8. The first kappa shape index (κ1) is 18.2. The highest BCUT2D eigenvalue weighted by Crippen LogP contribution is 2.44. The van der Waals surface area contributed by atoms with Crippen LogP contribution in [-0.4, -0.2) is 53.9 Å². The van der Waals surface area contributed by atoms with E-state index < -0.39 is 21.7 Å². The zero-order valence-corrected chi connectivity index (χ0v) is 15.2. The van der Waals surface area contributed by atoms with Gasteiger partial charge in [-0.15, -0.1) is 0 Å². The van der Waals surface area contributed by atoms with E-state index in [0.29, 0.717) is 23.2 Å². The standard InChI is InChI=1S/C17H22F3N3O2S/c18-17(19,20)15-7-14(21-11-22-15)12-1-3-13(4-2-12)23-6-5-16(8-23)9-26(24,25)10-16/h7,11-13H,1-6,8-10H2/t12-,13-. The number of nitrogens with zero attached hydrogens (tertiary/aromatic N) is 3. The summed E-state index contributed by atoms with van der Waals surface area (Å²) < 4.78 is 61.5. The van der Waals surface area contributed by atoms with Gasteiger partial charge in [-0.05, 0) is 44.7 Å². The summed E-state index contributed by atoms with van der Waals surface area (Å²) >= 11 is 0. The largest absolute Gasteiger partial charge is 0.433 e. The summed E-state index contributed by atoms with van der Waals surface area (Å²) in [7, 11) is -2.82. The summed E-state index contributed by atoms with van der Waals surface area (Å²) in [4.78, 5) is 9.80. The van der Waals surface area contributed by atoms with Gasteiger partial charge < -0.3 is 0 Å². The van der Waals surface area contributed by atoms with Gasteiger partial charge in [-0.1, -0.05) is 0 Å². The van der Waals surface area contributed by atoms with Crippen LogP contribution in [0.1, 0.15) is 49.4 Å². The summed E-state index contributed by atoms with van der Waals surface area (Å²) in [6, 6.07) is 1.48. The Morgan fingerprint density at radius 2 is 1.81 bits per heavy atom. The van der Waals surface area contributed by atoms with Crippen LogP contribution in [0.15, 0.2) is 12.4 Å². The molecule has 1 aliphatic carbocycles. The van der Waals surface area contributed by atoms with Gasteiger partial charge >= 0.3 is 6.18 Å². The fraction of sp³-hybridized carbons (Fsp3) is 0.765. The SMILES string of the molecule is O=S1(=O)CC2(CCN([C@H]3CC[C@H](c4cc(C(F)(F)F)ncn4)CC3)C2)C1. The molecule has 2 aliphatic heterocycles. The summed E-state index contributed by atoms with van der Waals surface area (Å²) in [6.07, 6.45) is 0.944. The number of hydrogen-bond acceptors (Lipinski definition) is 5. The average molecular weight is 389 g/mol. The molecule has 3 fully saturated rings. The molecule has 1 aromatic rings. The maximum absolute atomic E-state index is 12.8. The third-order valence-electron chi connectivity index (χ3n) is 6.13. The lowest BCUT2D eigenvalue weighted by Gasteiger charge is -2.40. The van der Waals surface area contributed by atoms with E-state index in [2.05, 4.69) is 14.9 Å². The molecule has 144 valence electrons. The van der Waals surface area contributed by atoms with Crippen LogP contribution in [0, 0.1) is 5.41 Å². The molecule has 3 aliphatic rings. The third-order valence-corrected chi connectivity index (χ3v) is 8.23. The lowest BCUT2D eigenvalue weighted by Crippen LogP contribution is -2.51. The first-order chi connectivity index (χ1) is 12.2. The average Bonchev–Trinajstić information content (AvgIpc) is 2.98. The molecule has 1 saturated carbocycles. The van der Waals surface area contributed by atoms with E-state index in [0.717, 1.165) is 57.6 Å². The van der Waals surface area contributed by atoms with Crippen molar-refractivity contribution in [2.45, 2.75) is 50.2 Å². The molecule has 0 atom stereocenters. The first-order valence-electron chi connectivity index (χ1n) is 9.00. The Morgan fingerprint density at radius 3 is 2.42 bits per heavy atom. The van der Waals surface area contributed by atoms with Crippen molar-refractivity contribution in [1.82, 2.24) is 14.9 Å². The molecule has 0 aromatic carbocycles. The molecule has 0 amide bonds. The van der Waals surface area contributed by atoms with Crippen molar-refractivity contribution in [3.05, 3.63) is 23.8 Å². The van der Waals surface area contributed by atoms with Crippen molar-refractivity contribution < 1.29 is 21.6 Å². The highest BCUT2D eigenvalue weighted by atomic mass is 32.2. The lowest BCUT2D eigenvalue weighted by molar-refractivity contribution is -0.141. The topological polar surface area (TPSA) is 63.2 Å². The van der Waals surface area contributed by atoms with Gasteiger partial charge in [0.25, 0.3) is 0 Å². The number of alkyl halides is 3. The Labute approximate surface area is 150 Å². The minimum absolute atomic E-state index is 0.0378. The summed E-state index contributed by atoms with van der Waals surface area (Å²) in [6.45, 7) is 1.77. The second kappa shape index (κ2) is 6.15. The molecule has 0 bridgehead atoms. The maximum Gasteiger partial charge on any atom is 0.433 e. The van der Waals surface area contributed by atoms with E-state index in [9.17, 15) is 21.6 Å².